The van der Waals surface area contributed by atoms with E-state index in [0.717, 1.165) is 48.4 Å². The maximum Gasteiger partial charge on any atom is 0.136 e. The van der Waals surface area contributed by atoms with Crippen molar-refractivity contribution >= 4 is 11.3 Å². The molecule has 0 aliphatic heterocycles. The summed E-state index contributed by atoms with van der Waals surface area (Å²) in [4.78, 5) is 4.73. The summed E-state index contributed by atoms with van der Waals surface area (Å²) in [5, 5.41) is 9.44. The van der Waals surface area contributed by atoms with E-state index in [4.69, 9.17) is 9.73 Å². The van der Waals surface area contributed by atoms with Crippen molar-refractivity contribution < 1.29 is 4.74 Å². The molecule has 0 bridgehead atoms. The van der Waals surface area contributed by atoms with E-state index in [1.54, 1.807) is 0 Å². The molecule has 0 aromatic heterocycles. The highest BCUT2D eigenvalue weighted by atomic mass is 16.5. The third-order valence-corrected chi connectivity index (χ3v) is 5.00. The van der Waals surface area contributed by atoms with Crippen LogP contribution < -0.4 is 4.74 Å². The van der Waals surface area contributed by atoms with Crippen molar-refractivity contribution in [3.63, 3.8) is 0 Å². The zero-order valence-electron chi connectivity index (χ0n) is 21.2. The minimum Gasteiger partial charge on any atom is -0.461 e. The Balaban J connectivity index is 3.41. The van der Waals surface area contributed by atoms with Crippen LogP contribution in [0.15, 0.2) is 64.4 Å². The minimum absolute atomic E-state index is 0.579. The molecule has 0 heterocycles. The lowest BCUT2D eigenvalue weighted by Gasteiger charge is -2.14. The number of allylic oxidation sites excluding steroid dienone is 8. The van der Waals surface area contributed by atoms with Crippen molar-refractivity contribution in [1.82, 2.24) is 0 Å². The summed E-state index contributed by atoms with van der Waals surface area (Å²) in [6.07, 6.45) is 11.3. The summed E-state index contributed by atoms with van der Waals surface area (Å²) < 4.78 is 6.29. The van der Waals surface area contributed by atoms with Crippen LogP contribution in [-0.2, 0) is 0 Å². The normalized spacial score (nSPS) is 13.2. The van der Waals surface area contributed by atoms with Crippen molar-refractivity contribution in [3.05, 3.63) is 70.5 Å². The zero-order valence-corrected chi connectivity index (χ0v) is 21.2. The van der Waals surface area contributed by atoms with Gasteiger partial charge in [-0.2, -0.15) is 5.26 Å². The van der Waals surface area contributed by atoms with Gasteiger partial charge in [-0.3, -0.25) is 4.99 Å². The summed E-state index contributed by atoms with van der Waals surface area (Å²) in [5.74, 6) is 2.09. The molecule has 0 fully saturated rings. The number of aliphatic imine (C=N–C) groups is 1. The highest BCUT2D eigenvalue weighted by Crippen LogP contribution is 2.31. The number of nitrogens with zero attached hydrogens (tertiary/aromatic N) is 2. The van der Waals surface area contributed by atoms with Gasteiger partial charge in [-0.25, -0.2) is 0 Å². The van der Waals surface area contributed by atoms with Crippen molar-refractivity contribution in [2.24, 2.45) is 10.9 Å². The van der Waals surface area contributed by atoms with E-state index in [1.807, 2.05) is 31.2 Å². The Hall–Kier alpha value is -2.86. The molecule has 0 aliphatic carbocycles. The highest BCUT2D eigenvalue weighted by molar-refractivity contribution is 5.95. The van der Waals surface area contributed by atoms with Crippen LogP contribution in [0.4, 0.5) is 0 Å². The zero-order chi connectivity index (χ0) is 24.1. The van der Waals surface area contributed by atoms with Gasteiger partial charge in [0.1, 0.15) is 11.5 Å². The van der Waals surface area contributed by atoms with Crippen molar-refractivity contribution in [1.29, 1.82) is 5.26 Å². The number of nitriles is 1. The maximum atomic E-state index is 9.44. The molecule has 1 aromatic carbocycles. The molecule has 0 spiro atoms. The monoisotopic (exact) mass is 432 g/mol. The Kier molecular flexibility index (Phi) is 12.1. The highest BCUT2D eigenvalue weighted by Gasteiger charge is 2.11. The molecule has 0 unspecified atom stereocenters. The van der Waals surface area contributed by atoms with Crippen LogP contribution in [-0.4, -0.2) is 12.3 Å². The van der Waals surface area contributed by atoms with Crippen LogP contribution >= 0.6 is 0 Å². The van der Waals surface area contributed by atoms with Crippen LogP contribution in [0.1, 0.15) is 85.8 Å². The molecule has 0 saturated carbocycles. The number of benzene rings is 1. The second-order valence-electron chi connectivity index (χ2n) is 8.80. The summed E-state index contributed by atoms with van der Waals surface area (Å²) >= 11 is 0. The fraction of sp³-hybridized carbons (Fsp3) is 0.448. The molecule has 0 atom stereocenters. The van der Waals surface area contributed by atoms with E-state index in [-0.39, 0.29) is 0 Å². The molecule has 1 rings (SSSR count). The Morgan fingerprint density at radius 3 is 2.34 bits per heavy atom. The quantitative estimate of drug-likeness (QED) is 0.200. The van der Waals surface area contributed by atoms with Crippen LogP contribution in [0.5, 0.6) is 5.75 Å². The second-order valence-corrected chi connectivity index (χ2v) is 8.80. The number of ether oxygens (including phenoxy) is 1. The fourth-order valence-electron chi connectivity index (χ4n) is 2.92. The van der Waals surface area contributed by atoms with Gasteiger partial charge in [-0.15, -0.1) is 0 Å². The van der Waals surface area contributed by atoms with Crippen molar-refractivity contribution in [3.8, 4) is 11.8 Å². The van der Waals surface area contributed by atoms with Gasteiger partial charge in [0.25, 0.3) is 0 Å². The lowest BCUT2D eigenvalue weighted by molar-refractivity contribution is 0.427. The predicted molar refractivity (Wildman–Crippen MR) is 139 cm³/mol. The number of hydrogen-bond donors (Lipinski definition) is 0. The largest absolute Gasteiger partial charge is 0.461 e. The SMILES string of the molecule is CCC(/C=C(\C)Oc1cc(C#N)ccc1C(/C=C(\C)CC)=C/C=C(C)C)=N/CCC(C)C. The molecule has 3 heteroatoms. The van der Waals surface area contributed by atoms with Crippen LogP contribution in [0.2, 0.25) is 0 Å². The van der Waals surface area contributed by atoms with Gasteiger partial charge >= 0.3 is 0 Å². The van der Waals surface area contributed by atoms with Crippen molar-refractivity contribution in [2.75, 3.05) is 6.54 Å². The van der Waals surface area contributed by atoms with E-state index >= 15 is 0 Å². The molecule has 0 radical (unpaired) electrons. The summed E-state index contributed by atoms with van der Waals surface area (Å²) in [5.41, 5.74) is 6.16. The van der Waals surface area contributed by atoms with Gasteiger partial charge in [0.2, 0.25) is 0 Å². The molecule has 0 amide bonds. The maximum absolute atomic E-state index is 9.44. The smallest absolute Gasteiger partial charge is 0.136 e. The molecular weight excluding hydrogens is 392 g/mol. The molecule has 1 aromatic rings. The molecule has 32 heavy (non-hydrogen) atoms. The lowest BCUT2D eigenvalue weighted by atomic mass is 9.99. The minimum atomic E-state index is 0.579. The van der Waals surface area contributed by atoms with Crippen molar-refractivity contribution in [2.45, 2.75) is 74.7 Å². The molecule has 0 N–H and O–H groups in total. The topological polar surface area (TPSA) is 45.4 Å². The first-order chi connectivity index (χ1) is 15.2. The Morgan fingerprint density at radius 2 is 1.78 bits per heavy atom. The Labute approximate surface area is 195 Å². The Bertz CT molecular complexity index is 946. The third-order valence-electron chi connectivity index (χ3n) is 5.00. The van der Waals surface area contributed by atoms with Gasteiger partial charge in [0.05, 0.1) is 11.6 Å². The van der Waals surface area contributed by atoms with Crippen LogP contribution in [0.3, 0.4) is 0 Å². The van der Waals surface area contributed by atoms with Crippen LogP contribution in [0, 0.1) is 17.2 Å². The Morgan fingerprint density at radius 1 is 1.06 bits per heavy atom. The predicted octanol–water partition coefficient (Wildman–Crippen LogP) is 8.44. The van der Waals surface area contributed by atoms with Gasteiger partial charge < -0.3 is 4.74 Å². The third kappa shape index (κ3) is 9.96. The first-order valence-corrected chi connectivity index (χ1v) is 11.7. The van der Waals surface area contributed by atoms with Gasteiger partial charge in [0, 0.05) is 17.8 Å². The van der Waals surface area contributed by atoms with E-state index in [0.29, 0.717) is 17.2 Å². The van der Waals surface area contributed by atoms with E-state index in [9.17, 15) is 5.26 Å². The van der Waals surface area contributed by atoms with Crippen LogP contribution in [0.25, 0.3) is 5.57 Å². The molecule has 3 nitrogen and oxygen atoms in total. The molecule has 172 valence electrons. The van der Waals surface area contributed by atoms with E-state index < -0.39 is 0 Å². The summed E-state index contributed by atoms with van der Waals surface area (Å²) in [7, 11) is 0. The van der Waals surface area contributed by atoms with E-state index in [1.165, 1.54) is 11.1 Å². The first kappa shape index (κ1) is 27.2. The summed E-state index contributed by atoms with van der Waals surface area (Å²) in [6.45, 7) is 17.8. The number of rotatable bonds is 11. The van der Waals surface area contributed by atoms with Gasteiger partial charge in [-0.1, -0.05) is 57.1 Å². The van der Waals surface area contributed by atoms with Gasteiger partial charge in [0.15, 0.2) is 0 Å². The summed E-state index contributed by atoms with van der Waals surface area (Å²) in [6, 6.07) is 7.87. The van der Waals surface area contributed by atoms with E-state index in [2.05, 4.69) is 72.8 Å². The fourth-order valence-corrected chi connectivity index (χ4v) is 2.92. The average Bonchev–Trinajstić information content (AvgIpc) is 2.75. The lowest BCUT2D eigenvalue weighted by Crippen LogP contribution is -2.02. The second kappa shape index (κ2) is 14.2. The van der Waals surface area contributed by atoms with Gasteiger partial charge in [-0.05, 0) is 82.7 Å². The first-order valence-electron chi connectivity index (χ1n) is 11.7. The standard InChI is InChI=1S/C29H40N2O/c1-9-23(7)17-26(13-11-21(3)4)28-14-12-25(20-30)19-29(28)32-24(8)18-27(10-2)31-16-15-22(5)6/h11-14,17-19,22H,9-10,15-16H2,1-8H3/b23-17+,24-18+,26-13+,31-27-. The average molecular weight is 433 g/mol. The molecular formula is C29H40N2O. The number of hydrogen-bond acceptors (Lipinski definition) is 3. The molecule has 0 saturated heterocycles. The molecule has 0 aliphatic rings.